The number of amides is 1. The van der Waals surface area contributed by atoms with Crippen LogP contribution in [0.15, 0.2) is 30.3 Å². The molecule has 0 aliphatic carbocycles. The Kier molecular flexibility index (Phi) is 5.09. The number of alkyl halides is 1. The number of carboxylic acids is 1. The Labute approximate surface area is 175 Å². The third-order valence-electron chi connectivity index (χ3n) is 5.11. The van der Waals surface area contributed by atoms with Gasteiger partial charge in [-0.15, -0.1) is 11.8 Å². The molecule has 0 aromatic heterocycles. The predicted molar refractivity (Wildman–Crippen MR) is 108 cm³/mol. The molecule has 7 nitrogen and oxygen atoms in total. The number of carboxylic acid groups (broad SMARTS) is 1. The van der Waals surface area contributed by atoms with Crippen LogP contribution in [0.25, 0.3) is 0 Å². The number of fused-ring (bicyclic) bond motifs is 1. The molecule has 2 unspecified atom stereocenters. The standard InChI is InChI=1S/C19H22BrNO6S/c1-17(2,27-10-8-6-5-7-9-10)12(22)13(23)19(20)15(26)21-11(14(24)25)18(3,4)28-16(19)21/h5-9,11-12,16,22H,1-4H3,(H,24,25)/t11-,12?,16+,19?/m0/s1. The van der Waals surface area contributed by atoms with E-state index < -0.39 is 49.9 Å². The van der Waals surface area contributed by atoms with Gasteiger partial charge in [0.15, 0.2) is 16.2 Å². The monoisotopic (exact) mass is 471 g/mol. The lowest BCUT2D eigenvalue weighted by atomic mass is 9.82. The number of ether oxygens (including phenoxy) is 1. The van der Waals surface area contributed by atoms with E-state index in [0.29, 0.717) is 5.75 Å². The number of hydrogen-bond donors (Lipinski definition) is 2. The van der Waals surface area contributed by atoms with Crippen molar-refractivity contribution < 1.29 is 29.3 Å². The maximum Gasteiger partial charge on any atom is 0.327 e. The van der Waals surface area contributed by atoms with Crippen LogP contribution in [0, 0.1) is 0 Å². The zero-order valence-electron chi connectivity index (χ0n) is 15.9. The molecule has 1 aromatic carbocycles. The van der Waals surface area contributed by atoms with Gasteiger partial charge in [0.2, 0.25) is 0 Å². The van der Waals surface area contributed by atoms with Gasteiger partial charge in [0.05, 0.1) is 0 Å². The number of Topliss-reactive ketones (excluding diaryl/α,β-unsaturated/α-hetero) is 1. The Morgan fingerprint density at radius 1 is 1.29 bits per heavy atom. The molecule has 0 spiro atoms. The second kappa shape index (κ2) is 6.74. The molecule has 1 aromatic rings. The molecule has 152 valence electrons. The second-order valence-corrected chi connectivity index (χ2v) is 11.0. The fraction of sp³-hybridized carbons (Fsp3) is 0.526. The van der Waals surface area contributed by atoms with E-state index >= 15 is 0 Å². The molecule has 2 aliphatic heterocycles. The van der Waals surface area contributed by atoms with Gasteiger partial charge < -0.3 is 19.8 Å². The lowest BCUT2D eigenvalue weighted by Crippen LogP contribution is -2.76. The number of benzene rings is 1. The van der Waals surface area contributed by atoms with Crippen molar-refractivity contribution in [2.75, 3.05) is 0 Å². The van der Waals surface area contributed by atoms with Crippen molar-refractivity contribution in [3.05, 3.63) is 30.3 Å². The van der Waals surface area contributed by atoms with Crippen molar-refractivity contribution in [2.45, 2.75) is 59.9 Å². The van der Waals surface area contributed by atoms with Crippen LogP contribution in [-0.4, -0.2) is 65.0 Å². The Hall–Kier alpha value is -1.58. The quantitative estimate of drug-likeness (QED) is 0.371. The van der Waals surface area contributed by atoms with Crippen LogP contribution in [0.3, 0.4) is 0 Å². The van der Waals surface area contributed by atoms with Crippen molar-refractivity contribution in [2.24, 2.45) is 0 Å². The van der Waals surface area contributed by atoms with Gasteiger partial charge in [0, 0.05) is 4.75 Å². The summed E-state index contributed by atoms with van der Waals surface area (Å²) >= 11 is 4.47. The molecule has 3 rings (SSSR count). The van der Waals surface area contributed by atoms with E-state index in [1.54, 1.807) is 52.0 Å². The third kappa shape index (κ3) is 3.04. The Morgan fingerprint density at radius 2 is 1.86 bits per heavy atom. The summed E-state index contributed by atoms with van der Waals surface area (Å²) in [5, 5.41) is 19.6. The topological polar surface area (TPSA) is 104 Å². The van der Waals surface area contributed by atoms with E-state index in [-0.39, 0.29) is 0 Å². The van der Waals surface area contributed by atoms with E-state index in [0.717, 1.165) is 0 Å². The van der Waals surface area contributed by atoms with Crippen LogP contribution < -0.4 is 4.74 Å². The molecule has 0 saturated carbocycles. The number of aliphatic hydroxyl groups excluding tert-OH is 1. The van der Waals surface area contributed by atoms with Crippen molar-refractivity contribution in [3.63, 3.8) is 0 Å². The molecule has 0 bridgehead atoms. The van der Waals surface area contributed by atoms with E-state index in [1.807, 2.05) is 6.07 Å². The first-order chi connectivity index (χ1) is 12.8. The Morgan fingerprint density at radius 3 is 2.39 bits per heavy atom. The lowest BCUT2D eigenvalue weighted by molar-refractivity contribution is -0.167. The van der Waals surface area contributed by atoms with Crippen LogP contribution in [0.4, 0.5) is 0 Å². The van der Waals surface area contributed by atoms with Crippen molar-refractivity contribution in [3.8, 4) is 5.75 Å². The number of β-lactam (4-membered cyclic amide) rings is 1. The van der Waals surface area contributed by atoms with Crippen LogP contribution in [0.1, 0.15) is 27.7 Å². The van der Waals surface area contributed by atoms with Gasteiger partial charge in [-0.05, 0) is 39.8 Å². The summed E-state index contributed by atoms with van der Waals surface area (Å²) in [6, 6.07) is 7.70. The molecule has 4 atom stereocenters. The number of thioether (sulfide) groups is 1. The summed E-state index contributed by atoms with van der Waals surface area (Å²) in [7, 11) is 0. The first-order valence-corrected chi connectivity index (χ1v) is 10.4. The molecule has 1 amide bonds. The molecule has 2 N–H and O–H groups in total. The lowest BCUT2D eigenvalue weighted by Gasteiger charge is -2.50. The minimum absolute atomic E-state index is 0.479. The highest BCUT2D eigenvalue weighted by Crippen LogP contribution is 2.58. The van der Waals surface area contributed by atoms with Gasteiger partial charge in [-0.1, -0.05) is 34.1 Å². The van der Waals surface area contributed by atoms with Crippen LogP contribution >= 0.6 is 27.7 Å². The number of aliphatic hydroxyl groups is 1. The van der Waals surface area contributed by atoms with Crippen molar-refractivity contribution in [1.82, 2.24) is 4.90 Å². The maximum absolute atomic E-state index is 13.1. The second-order valence-electron chi connectivity index (χ2n) is 8.02. The maximum atomic E-state index is 13.1. The molecule has 2 saturated heterocycles. The van der Waals surface area contributed by atoms with E-state index in [2.05, 4.69) is 15.9 Å². The normalized spacial score (nSPS) is 29.6. The number of carbonyl (C=O) groups excluding carboxylic acids is 2. The smallest absolute Gasteiger partial charge is 0.327 e. The van der Waals surface area contributed by atoms with Gasteiger partial charge in [-0.2, -0.15) is 0 Å². The highest BCUT2D eigenvalue weighted by molar-refractivity contribution is 9.10. The summed E-state index contributed by atoms with van der Waals surface area (Å²) < 4.78 is 3.32. The average molecular weight is 472 g/mol. The molecule has 2 heterocycles. The van der Waals surface area contributed by atoms with Gasteiger partial charge >= 0.3 is 5.97 Å². The van der Waals surface area contributed by atoms with Gasteiger partial charge in [0.25, 0.3) is 5.91 Å². The van der Waals surface area contributed by atoms with Crippen molar-refractivity contribution >= 4 is 45.4 Å². The molecule has 9 heteroatoms. The summed E-state index contributed by atoms with van der Waals surface area (Å²) in [5.74, 6) is -2.04. The molecule has 2 fully saturated rings. The third-order valence-corrected chi connectivity index (χ3v) is 8.22. The van der Waals surface area contributed by atoms with Crippen LogP contribution in [0.5, 0.6) is 5.75 Å². The number of halogens is 1. The highest BCUT2D eigenvalue weighted by atomic mass is 79.9. The minimum atomic E-state index is -1.68. The van der Waals surface area contributed by atoms with Crippen LogP contribution in [0.2, 0.25) is 0 Å². The Balaban J connectivity index is 1.84. The zero-order chi connectivity index (χ0) is 21.1. The number of aliphatic carboxylic acids is 1. The number of nitrogens with zero attached hydrogens (tertiary/aromatic N) is 1. The number of hydrogen-bond acceptors (Lipinski definition) is 6. The van der Waals surface area contributed by atoms with Gasteiger partial charge in [-0.3, -0.25) is 9.59 Å². The first-order valence-electron chi connectivity index (χ1n) is 8.73. The summed E-state index contributed by atoms with van der Waals surface area (Å²) in [6.07, 6.45) is -1.61. The summed E-state index contributed by atoms with van der Waals surface area (Å²) in [6.45, 7) is 6.56. The SMILES string of the molecule is CC(C)(Oc1ccccc1)C(O)C(=O)C1(Br)C(=O)N2[C@@H](C(=O)O)C(C)(C)S[C@@H]21. The highest BCUT2D eigenvalue weighted by Gasteiger charge is 2.74. The van der Waals surface area contributed by atoms with E-state index in [1.165, 1.54) is 16.7 Å². The van der Waals surface area contributed by atoms with Gasteiger partial charge in [0.1, 0.15) is 22.8 Å². The summed E-state index contributed by atoms with van der Waals surface area (Å²) in [5.41, 5.74) is -1.30. The van der Waals surface area contributed by atoms with Crippen molar-refractivity contribution in [1.29, 1.82) is 0 Å². The summed E-state index contributed by atoms with van der Waals surface area (Å²) in [4.78, 5) is 38.8. The number of rotatable bonds is 6. The Bertz CT molecular complexity index is 829. The number of carbonyl (C=O) groups is 3. The van der Waals surface area contributed by atoms with E-state index in [4.69, 9.17) is 4.74 Å². The molecule has 0 radical (unpaired) electrons. The predicted octanol–water partition coefficient (Wildman–Crippen LogP) is 2.05. The molecular weight excluding hydrogens is 450 g/mol. The fourth-order valence-corrected chi connectivity index (χ4v) is 6.16. The molecule has 28 heavy (non-hydrogen) atoms. The zero-order valence-corrected chi connectivity index (χ0v) is 18.3. The van der Waals surface area contributed by atoms with Gasteiger partial charge in [-0.25, -0.2) is 4.79 Å². The number of para-hydroxylation sites is 1. The molecule has 2 aliphatic rings. The number of ketones is 1. The fourth-order valence-electron chi connectivity index (χ4n) is 3.61. The van der Waals surface area contributed by atoms with Crippen LogP contribution in [-0.2, 0) is 14.4 Å². The first kappa shape index (κ1) is 21.1. The minimum Gasteiger partial charge on any atom is -0.485 e. The largest absolute Gasteiger partial charge is 0.485 e. The molecular formula is C19H22BrNO6S. The average Bonchev–Trinajstić information content (AvgIpc) is 2.89. The van der Waals surface area contributed by atoms with E-state index in [9.17, 15) is 24.6 Å².